The maximum Gasteiger partial charge on any atom is 0.238 e. The Balaban J connectivity index is 1.44. The van der Waals surface area contributed by atoms with Gasteiger partial charge in [-0.25, -0.2) is 0 Å². The Labute approximate surface area is 156 Å². The molecule has 0 radical (unpaired) electrons. The predicted molar refractivity (Wildman–Crippen MR) is 102 cm³/mol. The van der Waals surface area contributed by atoms with Gasteiger partial charge in [-0.05, 0) is 30.0 Å². The Bertz CT molecular complexity index is 1010. The van der Waals surface area contributed by atoms with E-state index in [9.17, 15) is 14.4 Å². The summed E-state index contributed by atoms with van der Waals surface area (Å²) < 4.78 is 0. The SMILES string of the molecule is O=C(Cc1c[nH]c2ccccc12)C1C(=O)NC(CCc2ccccc2)C1=O. The summed E-state index contributed by atoms with van der Waals surface area (Å²) in [6, 6.07) is 16.9. The summed E-state index contributed by atoms with van der Waals surface area (Å²) in [4.78, 5) is 40.8. The van der Waals surface area contributed by atoms with Crippen LogP contribution in [0.4, 0.5) is 0 Å². The number of carbonyl (C=O) groups excluding carboxylic acids is 3. The van der Waals surface area contributed by atoms with Crippen molar-refractivity contribution in [3.63, 3.8) is 0 Å². The lowest BCUT2D eigenvalue weighted by Gasteiger charge is -2.08. The average molecular weight is 360 g/mol. The van der Waals surface area contributed by atoms with Crippen molar-refractivity contribution in [1.29, 1.82) is 0 Å². The summed E-state index contributed by atoms with van der Waals surface area (Å²) in [5.41, 5.74) is 2.85. The van der Waals surface area contributed by atoms with E-state index in [2.05, 4.69) is 10.3 Å². The number of ketones is 2. The number of aromatic nitrogens is 1. The average Bonchev–Trinajstić information content (AvgIpc) is 3.21. The molecule has 3 aromatic rings. The highest BCUT2D eigenvalue weighted by molar-refractivity contribution is 6.24. The standard InChI is InChI=1S/C22H20N2O3/c25-19(12-15-13-23-17-9-5-4-8-16(15)17)20-21(26)18(24-22(20)27)11-10-14-6-2-1-3-7-14/h1-9,13,18,20,23H,10-12H2,(H,24,27). The molecule has 1 amide bonds. The molecule has 2 atom stereocenters. The third kappa shape index (κ3) is 3.40. The molecular weight excluding hydrogens is 340 g/mol. The van der Waals surface area contributed by atoms with Gasteiger partial charge in [-0.1, -0.05) is 48.5 Å². The number of aryl methyl sites for hydroxylation is 1. The molecule has 0 aliphatic carbocycles. The van der Waals surface area contributed by atoms with Crippen molar-refractivity contribution < 1.29 is 14.4 Å². The molecule has 0 spiro atoms. The fourth-order valence-corrected chi connectivity index (χ4v) is 3.70. The van der Waals surface area contributed by atoms with Crippen molar-refractivity contribution in [2.24, 2.45) is 5.92 Å². The second-order valence-corrected chi connectivity index (χ2v) is 6.92. The van der Waals surface area contributed by atoms with Gasteiger partial charge in [0.25, 0.3) is 0 Å². The molecule has 2 heterocycles. The van der Waals surface area contributed by atoms with Crippen LogP contribution in [0, 0.1) is 5.92 Å². The molecule has 1 aliphatic heterocycles. The molecule has 1 aliphatic rings. The molecular formula is C22H20N2O3. The highest BCUT2D eigenvalue weighted by Crippen LogP contribution is 2.22. The van der Waals surface area contributed by atoms with E-state index in [4.69, 9.17) is 0 Å². The molecule has 2 aromatic carbocycles. The van der Waals surface area contributed by atoms with Crippen LogP contribution in [0.3, 0.4) is 0 Å². The van der Waals surface area contributed by atoms with E-state index < -0.39 is 17.9 Å². The number of amides is 1. The molecule has 2 unspecified atom stereocenters. The minimum Gasteiger partial charge on any atom is -0.361 e. The highest BCUT2D eigenvalue weighted by Gasteiger charge is 2.44. The van der Waals surface area contributed by atoms with Gasteiger partial charge in [-0.3, -0.25) is 14.4 Å². The van der Waals surface area contributed by atoms with E-state index >= 15 is 0 Å². The van der Waals surface area contributed by atoms with Crippen molar-refractivity contribution in [2.75, 3.05) is 0 Å². The number of para-hydroxylation sites is 1. The first-order chi connectivity index (χ1) is 13.1. The first kappa shape index (κ1) is 17.2. The Kier molecular flexibility index (Phi) is 4.59. The predicted octanol–water partition coefficient (Wildman–Crippen LogP) is 2.60. The fourth-order valence-electron chi connectivity index (χ4n) is 3.70. The van der Waals surface area contributed by atoms with E-state index in [-0.39, 0.29) is 18.0 Å². The van der Waals surface area contributed by atoms with Crippen LogP contribution in [0.15, 0.2) is 60.8 Å². The number of hydrogen-bond donors (Lipinski definition) is 2. The first-order valence-corrected chi connectivity index (χ1v) is 9.09. The second-order valence-electron chi connectivity index (χ2n) is 6.92. The maximum absolute atomic E-state index is 12.7. The number of Topliss-reactive ketones (excluding diaryl/α,β-unsaturated/α-hetero) is 2. The molecule has 1 fully saturated rings. The number of carbonyl (C=O) groups is 3. The zero-order valence-electron chi connectivity index (χ0n) is 14.8. The van der Waals surface area contributed by atoms with E-state index in [1.807, 2.05) is 54.6 Å². The second kappa shape index (κ2) is 7.19. The number of nitrogens with one attached hydrogen (secondary N) is 2. The molecule has 1 aromatic heterocycles. The van der Waals surface area contributed by atoms with Crippen molar-refractivity contribution in [3.8, 4) is 0 Å². The summed E-state index contributed by atoms with van der Waals surface area (Å²) in [6.07, 6.45) is 3.03. The molecule has 5 heteroatoms. The third-order valence-electron chi connectivity index (χ3n) is 5.13. The number of fused-ring (bicyclic) bond motifs is 1. The maximum atomic E-state index is 12.7. The van der Waals surface area contributed by atoms with Crippen LogP contribution < -0.4 is 5.32 Å². The van der Waals surface area contributed by atoms with Crippen LogP contribution in [0.5, 0.6) is 0 Å². The Morgan fingerprint density at radius 1 is 0.963 bits per heavy atom. The van der Waals surface area contributed by atoms with Crippen LogP contribution in [-0.2, 0) is 27.2 Å². The van der Waals surface area contributed by atoms with Crippen molar-refractivity contribution in [3.05, 3.63) is 71.9 Å². The first-order valence-electron chi connectivity index (χ1n) is 9.09. The number of benzene rings is 2. The molecule has 27 heavy (non-hydrogen) atoms. The minimum absolute atomic E-state index is 0.0687. The Morgan fingerprint density at radius 3 is 2.52 bits per heavy atom. The van der Waals surface area contributed by atoms with Gasteiger partial charge < -0.3 is 10.3 Å². The van der Waals surface area contributed by atoms with Gasteiger partial charge in [0.2, 0.25) is 5.91 Å². The van der Waals surface area contributed by atoms with Gasteiger partial charge >= 0.3 is 0 Å². The van der Waals surface area contributed by atoms with E-state index in [0.717, 1.165) is 22.0 Å². The van der Waals surface area contributed by atoms with Crippen LogP contribution in [0.2, 0.25) is 0 Å². The Hall–Kier alpha value is -3.21. The molecule has 5 nitrogen and oxygen atoms in total. The van der Waals surface area contributed by atoms with Crippen molar-refractivity contribution in [1.82, 2.24) is 10.3 Å². The lowest BCUT2D eigenvalue weighted by molar-refractivity contribution is -0.136. The molecule has 1 saturated heterocycles. The van der Waals surface area contributed by atoms with E-state index in [1.54, 1.807) is 6.20 Å². The van der Waals surface area contributed by atoms with Gasteiger partial charge in [-0.15, -0.1) is 0 Å². The monoisotopic (exact) mass is 360 g/mol. The molecule has 136 valence electrons. The van der Waals surface area contributed by atoms with E-state index in [0.29, 0.717) is 12.8 Å². The lowest BCUT2D eigenvalue weighted by atomic mass is 9.92. The summed E-state index contributed by atoms with van der Waals surface area (Å²) in [7, 11) is 0. The highest BCUT2D eigenvalue weighted by atomic mass is 16.2. The topological polar surface area (TPSA) is 79.0 Å². The quantitative estimate of drug-likeness (QED) is 0.663. The summed E-state index contributed by atoms with van der Waals surface area (Å²) in [6.45, 7) is 0. The number of rotatable bonds is 6. The number of hydrogen-bond acceptors (Lipinski definition) is 3. The van der Waals surface area contributed by atoms with E-state index in [1.165, 1.54) is 0 Å². The normalized spacial score (nSPS) is 19.4. The van der Waals surface area contributed by atoms with Gasteiger partial charge in [-0.2, -0.15) is 0 Å². The van der Waals surface area contributed by atoms with Gasteiger partial charge in [0.1, 0.15) is 0 Å². The minimum atomic E-state index is -1.19. The summed E-state index contributed by atoms with van der Waals surface area (Å²) in [5, 5.41) is 3.65. The number of aromatic amines is 1. The third-order valence-corrected chi connectivity index (χ3v) is 5.13. The Morgan fingerprint density at radius 2 is 1.70 bits per heavy atom. The van der Waals surface area contributed by atoms with Crippen LogP contribution in [0.25, 0.3) is 10.9 Å². The fraction of sp³-hybridized carbons (Fsp3) is 0.227. The van der Waals surface area contributed by atoms with Crippen molar-refractivity contribution >= 4 is 28.4 Å². The molecule has 2 N–H and O–H groups in total. The molecule has 4 rings (SSSR count). The zero-order valence-corrected chi connectivity index (χ0v) is 14.8. The zero-order chi connectivity index (χ0) is 18.8. The van der Waals surface area contributed by atoms with Crippen LogP contribution in [-0.4, -0.2) is 28.5 Å². The number of H-pyrrole nitrogens is 1. The summed E-state index contributed by atoms with van der Waals surface area (Å²) in [5.74, 6) is -2.31. The smallest absolute Gasteiger partial charge is 0.238 e. The summed E-state index contributed by atoms with van der Waals surface area (Å²) >= 11 is 0. The largest absolute Gasteiger partial charge is 0.361 e. The van der Waals surface area contributed by atoms with Crippen molar-refractivity contribution in [2.45, 2.75) is 25.3 Å². The molecule has 0 bridgehead atoms. The van der Waals surface area contributed by atoms with Gasteiger partial charge in [0.15, 0.2) is 17.5 Å². The van der Waals surface area contributed by atoms with Crippen LogP contribution in [0.1, 0.15) is 17.5 Å². The lowest BCUT2D eigenvalue weighted by Crippen LogP contribution is -2.29. The van der Waals surface area contributed by atoms with Gasteiger partial charge in [0.05, 0.1) is 6.04 Å². The molecule has 0 saturated carbocycles. The van der Waals surface area contributed by atoms with Gasteiger partial charge in [0, 0.05) is 23.5 Å². The van der Waals surface area contributed by atoms with Crippen LogP contribution >= 0.6 is 0 Å².